The Kier molecular flexibility index (Phi) is 6.13. The van der Waals surface area contributed by atoms with Crippen LogP contribution in [0.5, 0.6) is 0 Å². The van der Waals surface area contributed by atoms with Crippen molar-refractivity contribution in [3.8, 4) is 0 Å². The van der Waals surface area contributed by atoms with E-state index in [0.29, 0.717) is 24.7 Å². The molecule has 7 heteroatoms. The molecule has 7 nitrogen and oxygen atoms in total. The van der Waals surface area contributed by atoms with Gasteiger partial charge in [0.05, 0.1) is 11.9 Å². The second-order valence-corrected chi connectivity index (χ2v) is 5.88. The summed E-state index contributed by atoms with van der Waals surface area (Å²) in [5, 5.41) is 10.7. The van der Waals surface area contributed by atoms with Crippen molar-refractivity contribution >= 4 is 5.91 Å². The van der Waals surface area contributed by atoms with Gasteiger partial charge in [0, 0.05) is 19.6 Å². The highest BCUT2D eigenvalue weighted by molar-refractivity contribution is 5.75. The zero-order valence-electron chi connectivity index (χ0n) is 12.8. The van der Waals surface area contributed by atoms with Gasteiger partial charge in [0.25, 0.3) is 0 Å². The van der Waals surface area contributed by atoms with Crippen molar-refractivity contribution in [3.05, 3.63) is 11.9 Å². The first kappa shape index (κ1) is 15.9. The molecule has 0 aliphatic carbocycles. The molecule has 2 heterocycles. The molecule has 0 saturated carbocycles. The molecule has 118 valence electrons. The zero-order chi connectivity index (χ0) is 15.1. The van der Waals surface area contributed by atoms with Crippen molar-refractivity contribution in [1.29, 1.82) is 0 Å². The fraction of sp³-hybridized carbons (Fsp3) is 0.786. The Hall–Kier alpha value is -1.47. The first-order valence-corrected chi connectivity index (χ1v) is 7.75. The fourth-order valence-electron chi connectivity index (χ4n) is 2.65. The quantitative estimate of drug-likeness (QED) is 0.737. The molecule has 2 rings (SSSR count). The van der Waals surface area contributed by atoms with Crippen LogP contribution < -0.4 is 11.1 Å². The number of rotatable bonds is 7. The number of carbonyl (C=O) groups is 1. The predicted octanol–water partition coefficient (Wildman–Crippen LogP) is -0.0250. The van der Waals surface area contributed by atoms with Crippen LogP contribution in [0.1, 0.15) is 31.9 Å². The van der Waals surface area contributed by atoms with Gasteiger partial charge < -0.3 is 16.0 Å². The average molecular weight is 294 g/mol. The van der Waals surface area contributed by atoms with Crippen molar-refractivity contribution < 1.29 is 4.79 Å². The van der Waals surface area contributed by atoms with E-state index in [1.165, 1.54) is 37.0 Å². The standard InChI is InChI=1S/C14H26N6O/c1-12(9-19-5-3-2-4-6-19)8-16-14(21)11-20-10-13(7-15)17-18-20/h10,12H,2-9,11,15H2,1H3,(H,16,21). The van der Waals surface area contributed by atoms with Crippen molar-refractivity contribution in [2.24, 2.45) is 11.7 Å². The summed E-state index contributed by atoms with van der Waals surface area (Å²) in [6, 6.07) is 0. The van der Waals surface area contributed by atoms with Crippen LogP contribution in [0, 0.1) is 5.92 Å². The van der Waals surface area contributed by atoms with Crippen LogP contribution in [0.2, 0.25) is 0 Å². The van der Waals surface area contributed by atoms with Gasteiger partial charge >= 0.3 is 0 Å². The molecule has 1 aliphatic rings. The Morgan fingerprint density at radius 3 is 2.86 bits per heavy atom. The second-order valence-electron chi connectivity index (χ2n) is 5.88. The van der Waals surface area contributed by atoms with Gasteiger partial charge in [0.1, 0.15) is 6.54 Å². The van der Waals surface area contributed by atoms with E-state index in [1.54, 1.807) is 6.20 Å². The summed E-state index contributed by atoms with van der Waals surface area (Å²) in [5.41, 5.74) is 6.16. The number of piperidine rings is 1. The molecule has 1 saturated heterocycles. The van der Waals surface area contributed by atoms with Crippen LogP contribution in [0.25, 0.3) is 0 Å². The SMILES string of the molecule is CC(CNC(=O)Cn1cc(CN)nn1)CN1CCCCC1. The number of hydrogen-bond donors (Lipinski definition) is 2. The van der Waals surface area contributed by atoms with Gasteiger partial charge in [-0.2, -0.15) is 0 Å². The van der Waals surface area contributed by atoms with E-state index >= 15 is 0 Å². The molecule has 3 N–H and O–H groups in total. The zero-order valence-corrected chi connectivity index (χ0v) is 12.8. The van der Waals surface area contributed by atoms with Crippen molar-refractivity contribution in [3.63, 3.8) is 0 Å². The lowest BCUT2D eigenvalue weighted by molar-refractivity contribution is -0.122. The number of nitrogens with two attached hydrogens (primary N) is 1. The van der Waals surface area contributed by atoms with Crippen molar-refractivity contribution in [2.75, 3.05) is 26.2 Å². The summed E-state index contributed by atoms with van der Waals surface area (Å²) < 4.78 is 1.52. The fourth-order valence-corrected chi connectivity index (χ4v) is 2.65. The molecule has 1 amide bonds. The maximum Gasteiger partial charge on any atom is 0.241 e. The highest BCUT2D eigenvalue weighted by Gasteiger charge is 2.14. The molecule has 1 fully saturated rings. The third-order valence-corrected chi connectivity index (χ3v) is 3.77. The van der Waals surface area contributed by atoms with E-state index in [-0.39, 0.29) is 12.5 Å². The molecule has 1 aromatic heterocycles. The number of amides is 1. The number of nitrogens with one attached hydrogen (secondary N) is 1. The van der Waals surface area contributed by atoms with E-state index in [9.17, 15) is 4.79 Å². The van der Waals surface area contributed by atoms with Gasteiger partial charge in [0.2, 0.25) is 5.91 Å². The third kappa shape index (κ3) is 5.43. The molecule has 1 aromatic rings. The van der Waals surface area contributed by atoms with Gasteiger partial charge in [-0.25, -0.2) is 4.68 Å². The lowest BCUT2D eigenvalue weighted by atomic mass is 10.1. The second kappa shape index (κ2) is 8.09. The Bertz CT molecular complexity index is 440. The summed E-state index contributed by atoms with van der Waals surface area (Å²) in [4.78, 5) is 14.4. The van der Waals surface area contributed by atoms with E-state index in [4.69, 9.17) is 5.73 Å². The molecular formula is C14H26N6O. The minimum absolute atomic E-state index is 0.0334. The predicted molar refractivity (Wildman–Crippen MR) is 80.4 cm³/mol. The monoisotopic (exact) mass is 294 g/mol. The lowest BCUT2D eigenvalue weighted by Crippen LogP contribution is -2.38. The minimum atomic E-state index is -0.0334. The number of carbonyl (C=O) groups excluding carboxylic acids is 1. The molecule has 1 unspecified atom stereocenters. The van der Waals surface area contributed by atoms with Gasteiger partial charge in [0.15, 0.2) is 0 Å². The first-order valence-electron chi connectivity index (χ1n) is 7.75. The van der Waals surface area contributed by atoms with E-state index in [0.717, 1.165) is 6.54 Å². The Balaban J connectivity index is 1.65. The van der Waals surface area contributed by atoms with Crippen LogP contribution >= 0.6 is 0 Å². The normalized spacial score (nSPS) is 17.6. The van der Waals surface area contributed by atoms with Gasteiger partial charge in [-0.3, -0.25) is 4.79 Å². The van der Waals surface area contributed by atoms with Gasteiger partial charge in [-0.05, 0) is 31.8 Å². The summed E-state index contributed by atoms with van der Waals surface area (Å²) in [6.45, 7) is 6.86. The molecule has 0 aromatic carbocycles. The summed E-state index contributed by atoms with van der Waals surface area (Å²) in [6.07, 6.45) is 5.66. The summed E-state index contributed by atoms with van der Waals surface area (Å²) >= 11 is 0. The molecule has 21 heavy (non-hydrogen) atoms. The lowest BCUT2D eigenvalue weighted by Gasteiger charge is -2.29. The molecule has 0 spiro atoms. The highest BCUT2D eigenvalue weighted by atomic mass is 16.2. The Morgan fingerprint density at radius 1 is 1.43 bits per heavy atom. The van der Waals surface area contributed by atoms with Crippen molar-refractivity contribution in [1.82, 2.24) is 25.2 Å². The minimum Gasteiger partial charge on any atom is -0.354 e. The Morgan fingerprint density at radius 2 is 2.19 bits per heavy atom. The molecular weight excluding hydrogens is 268 g/mol. The van der Waals surface area contributed by atoms with Crippen LogP contribution in [-0.2, 0) is 17.9 Å². The molecule has 0 bridgehead atoms. The smallest absolute Gasteiger partial charge is 0.241 e. The maximum absolute atomic E-state index is 11.9. The third-order valence-electron chi connectivity index (χ3n) is 3.77. The number of nitrogens with zero attached hydrogens (tertiary/aromatic N) is 4. The van der Waals surface area contributed by atoms with E-state index in [2.05, 4.69) is 27.5 Å². The summed E-state index contributed by atoms with van der Waals surface area (Å²) in [5.74, 6) is 0.427. The van der Waals surface area contributed by atoms with E-state index in [1.807, 2.05) is 0 Å². The molecule has 1 atom stereocenters. The van der Waals surface area contributed by atoms with Crippen LogP contribution in [0.4, 0.5) is 0 Å². The van der Waals surface area contributed by atoms with Crippen LogP contribution in [0.15, 0.2) is 6.20 Å². The van der Waals surface area contributed by atoms with Gasteiger partial charge in [-0.15, -0.1) is 5.10 Å². The maximum atomic E-state index is 11.9. The highest BCUT2D eigenvalue weighted by Crippen LogP contribution is 2.10. The van der Waals surface area contributed by atoms with Gasteiger partial charge in [-0.1, -0.05) is 18.6 Å². The molecule has 1 aliphatic heterocycles. The largest absolute Gasteiger partial charge is 0.354 e. The molecule has 0 radical (unpaired) electrons. The Labute approximate surface area is 125 Å². The van der Waals surface area contributed by atoms with Crippen LogP contribution in [-0.4, -0.2) is 52.0 Å². The first-order chi connectivity index (χ1) is 10.2. The van der Waals surface area contributed by atoms with Crippen LogP contribution in [0.3, 0.4) is 0 Å². The van der Waals surface area contributed by atoms with E-state index < -0.39 is 0 Å². The number of hydrogen-bond acceptors (Lipinski definition) is 5. The number of likely N-dealkylation sites (tertiary alicyclic amines) is 1. The number of aromatic nitrogens is 3. The topological polar surface area (TPSA) is 89.1 Å². The summed E-state index contributed by atoms with van der Waals surface area (Å²) in [7, 11) is 0. The van der Waals surface area contributed by atoms with Crippen molar-refractivity contribution in [2.45, 2.75) is 39.3 Å². The average Bonchev–Trinajstić information content (AvgIpc) is 2.94.